The number of hydrogen-bond acceptors (Lipinski definition) is 0. The van der Waals surface area contributed by atoms with Gasteiger partial charge in [0.25, 0.3) is 0 Å². The number of alkyl halides is 2. The molecule has 2 aromatic carbocycles. The maximum absolute atomic E-state index is 13.1. The van der Waals surface area contributed by atoms with Crippen molar-refractivity contribution in [1.29, 1.82) is 0 Å². The van der Waals surface area contributed by atoms with Gasteiger partial charge in [0, 0.05) is 0 Å². The third-order valence-corrected chi connectivity index (χ3v) is 3.13. The van der Waals surface area contributed by atoms with E-state index in [1.807, 2.05) is 36.4 Å². The summed E-state index contributed by atoms with van der Waals surface area (Å²) in [5.41, 5.74) is 3.39. The average molecular weight is 216 g/mol. The molecule has 0 unspecified atom stereocenters. The summed E-state index contributed by atoms with van der Waals surface area (Å²) in [5.74, 6) is -0.757. The van der Waals surface area contributed by atoms with Crippen LogP contribution < -0.4 is 0 Å². The molecule has 0 aliphatic heterocycles. The number of halogens is 2. The third kappa shape index (κ3) is 1.19. The number of hydrogen-bond donors (Lipinski definition) is 0. The minimum Gasteiger partial charge on any atom is -0.209 e. The Bertz CT molecular complexity index is 486. The molecule has 0 amide bonds. The summed E-state index contributed by atoms with van der Waals surface area (Å²) < 4.78 is 26.2. The van der Waals surface area contributed by atoms with Crippen molar-refractivity contribution in [3.63, 3.8) is 0 Å². The zero-order chi connectivity index (χ0) is 11.1. The first-order chi connectivity index (χ1) is 7.79. The van der Waals surface area contributed by atoms with E-state index in [9.17, 15) is 8.78 Å². The van der Waals surface area contributed by atoms with Crippen molar-refractivity contribution in [3.05, 3.63) is 59.7 Å². The molecule has 0 saturated heterocycles. The maximum atomic E-state index is 13.1. The zero-order valence-corrected chi connectivity index (χ0v) is 8.53. The summed E-state index contributed by atoms with van der Waals surface area (Å²) in [4.78, 5) is 0. The van der Waals surface area contributed by atoms with Gasteiger partial charge in [-0.05, 0) is 22.3 Å². The van der Waals surface area contributed by atoms with Gasteiger partial charge in [-0.3, -0.25) is 0 Å². The quantitative estimate of drug-likeness (QED) is 0.674. The molecule has 2 aromatic rings. The Morgan fingerprint density at radius 3 is 1.62 bits per heavy atom. The molecule has 0 saturated carbocycles. The van der Waals surface area contributed by atoms with Crippen molar-refractivity contribution in [2.75, 3.05) is 0 Å². The molecule has 0 heterocycles. The fraction of sp³-hybridized carbons (Fsp3) is 0.143. The van der Waals surface area contributed by atoms with Crippen LogP contribution in [0.25, 0.3) is 11.1 Å². The predicted molar refractivity (Wildman–Crippen MR) is 59.7 cm³/mol. The van der Waals surface area contributed by atoms with Gasteiger partial charge in [-0.25, -0.2) is 8.78 Å². The summed E-state index contributed by atoms with van der Waals surface area (Å²) in [5, 5.41) is 0. The Hall–Kier alpha value is -1.70. The van der Waals surface area contributed by atoms with Crippen LogP contribution in [0.1, 0.15) is 17.0 Å². The van der Waals surface area contributed by atoms with Crippen molar-refractivity contribution < 1.29 is 8.78 Å². The molecular weight excluding hydrogens is 206 g/mol. The molecule has 80 valence electrons. The highest BCUT2D eigenvalue weighted by molar-refractivity contribution is 5.78. The topological polar surface area (TPSA) is 0 Å². The van der Waals surface area contributed by atoms with Gasteiger partial charge in [0.1, 0.15) is 0 Å². The predicted octanol–water partition coefficient (Wildman–Crippen LogP) is 4.06. The maximum Gasteiger partial charge on any atom is 0.249 e. The van der Waals surface area contributed by atoms with Crippen molar-refractivity contribution in [2.45, 2.75) is 12.3 Å². The molecule has 0 N–H and O–H groups in total. The van der Waals surface area contributed by atoms with Gasteiger partial charge in [0.15, 0.2) is 0 Å². The van der Waals surface area contributed by atoms with Crippen LogP contribution in [0.5, 0.6) is 0 Å². The van der Waals surface area contributed by atoms with E-state index in [0.29, 0.717) is 0 Å². The second-order valence-electron chi connectivity index (χ2n) is 3.99. The summed E-state index contributed by atoms with van der Waals surface area (Å²) in [6.07, 6.45) is -2.34. The zero-order valence-electron chi connectivity index (χ0n) is 8.53. The normalized spacial score (nSPS) is 13.9. The van der Waals surface area contributed by atoms with Crippen LogP contribution in [0.4, 0.5) is 8.78 Å². The molecule has 0 nitrogen and oxygen atoms in total. The van der Waals surface area contributed by atoms with Crippen molar-refractivity contribution in [1.82, 2.24) is 0 Å². The fourth-order valence-corrected chi connectivity index (χ4v) is 2.47. The molecule has 0 radical (unpaired) electrons. The monoisotopic (exact) mass is 216 g/mol. The Morgan fingerprint density at radius 2 is 1.19 bits per heavy atom. The van der Waals surface area contributed by atoms with Crippen LogP contribution in [-0.4, -0.2) is 6.43 Å². The summed E-state index contributed by atoms with van der Waals surface area (Å²) in [6, 6.07) is 14.8. The van der Waals surface area contributed by atoms with E-state index in [4.69, 9.17) is 0 Å². The molecule has 0 aromatic heterocycles. The minimum atomic E-state index is -2.34. The number of fused-ring (bicyclic) bond motifs is 3. The van der Waals surface area contributed by atoms with Crippen molar-refractivity contribution in [2.24, 2.45) is 0 Å². The van der Waals surface area contributed by atoms with E-state index < -0.39 is 12.3 Å². The third-order valence-electron chi connectivity index (χ3n) is 3.13. The summed E-state index contributed by atoms with van der Waals surface area (Å²) >= 11 is 0. The van der Waals surface area contributed by atoms with E-state index in [1.54, 1.807) is 12.1 Å². The molecule has 3 rings (SSSR count). The van der Waals surface area contributed by atoms with Crippen LogP contribution in [0.3, 0.4) is 0 Å². The van der Waals surface area contributed by atoms with Gasteiger partial charge in [0.05, 0.1) is 5.92 Å². The molecule has 1 aliphatic rings. The molecule has 16 heavy (non-hydrogen) atoms. The SMILES string of the molecule is FC(F)C1c2ccccc2-c2ccccc21. The first-order valence-corrected chi connectivity index (χ1v) is 5.25. The van der Waals surface area contributed by atoms with Crippen LogP contribution >= 0.6 is 0 Å². The molecule has 2 heteroatoms. The van der Waals surface area contributed by atoms with Gasteiger partial charge < -0.3 is 0 Å². The lowest BCUT2D eigenvalue weighted by Crippen LogP contribution is -2.07. The number of benzene rings is 2. The first-order valence-electron chi connectivity index (χ1n) is 5.25. The molecule has 0 bridgehead atoms. The standard InChI is InChI=1S/C14H10F2/c15-14(16)13-11-7-3-1-5-9(11)10-6-2-4-8-12(10)13/h1-8,13-14H. The largest absolute Gasteiger partial charge is 0.249 e. The van der Waals surface area contributed by atoms with Crippen molar-refractivity contribution in [3.8, 4) is 11.1 Å². The van der Waals surface area contributed by atoms with Gasteiger partial charge in [-0.15, -0.1) is 0 Å². The van der Waals surface area contributed by atoms with E-state index in [-0.39, 0.29) is 0 Å². The van der Waals surface area contributed by atoms with Crippen molar-refractivity contribution >= 4 is 0 Å². The van der Waals surface area contributed by atoms with Gasteiger partial charge in [-0.2, -0.15) is 0 Å². The van der Waals surface area contributed by atoms with E-state index in [2.05, 4.69) is 0 Å². The molecule has 0 spiro atoms. The lowest BCUT2D eigenvalue weighted by Gasteiger charge is -2.11. The smallest absolute Gasteiger partial charge is 0.209 e. The number of rotatable bonds is 1. The van der Waals surface area contributed by atoms with Gasteiger partial charge >= 0.3 is 0 Å². The van der Waals surface area contributed by atoms with Crippen LogP contribution in [-0.2, 0) is 0 Å². The molecular formula is C14H10F2. The highest BCUT2D eigenvalue weighted by Gasteiger charge is 2.34. The minimum absolute atomic E-state index is 0.749. The summed E-state index contributed by atoms with van der Waals surface area (Å²) in [6.45, 7) is 0. The average Bonchev–Trinajstić information content (AvgIpc) is 2.63. The Morgan fingerprint density at radius 1 is 0.750 bits per heavy atom. The van der Waals surface area contributed by atoms with Gasteiger partial charge in [-0.1, -0.05) is 48.5 Å². The molecule has 0 fully saturated rings. The van der Waals surface area contributed by atoms with E-state index in [0.717, 1.165) is 22.3 Å². The Balaban J connectivity index is 2.30. The van der Waals surface area contributed by atoms with Gasteiger partial charge in [0.2, 0.25) is 6.43 Å². The first kappa shape index (κ1) is 9.52. The van der Waals surface area contributed by atoms with Crippen LogP contribution in [0.15, 0.2) is 48.5 Å². The van der Waals surface area contributed by atoms with E-state index in [1.165, 1.54) is 0 Å². The highest BCUT2D eigenvalue weighted by atomic mass is 19.3. The fourth-order valence-electron chi connectivity index (χ4n) is 2.47. The lowest BCUT2D eigenvalue weighted by molar-refractivity contribution is 0.130. The lowest BCUT2D eigenvalue weighted by atomic mass is 9.98. The highest BCUT2D eigenvalue weighted by Crippen LogP contribution is 2.46. The molecule has 1 aliphatic carbocycles. The van der Waals surface area contributed by atoms with Crippen LogP contribution in [0, 0.1) is 0 Å². The Labute approximate surface area is 92.5 Å². The van der Waals surface area contributed by atoms with Crippen LogP contribution in [0.2, 0.25) is 0 Å². The molecule has 0 atom stereocenters. The summed E-state index contributed by atoms with van der Waals surface area (Å²) in [7, 11) is 0. The second-order valence-corrected chi connectivity index (χ2v) is 3.99. The second kappa shape index (κ2) is 3.41. The van der Waals surface area contributed by atoms with E-state index >= 15 is 0 Å². The Kier molecular flexibility index (Phi) is 2.03.